The van der Waals surface area contributed by atoms with Gasteiger partial charge in [-0.15, -0.1) is 0 Å². The largest absolute Gasteiger partial charge is 0.378 e. The van der Waals surface area contributed by atoms with Gasteiger partial charge >= 0.3 is 0 Å². The molecule has 172 valence electrons. The Labute approximate surface area is 208 Å². The smallest absolute Gasteiger partial charge is 0.175 e. The van der Waals surface area contributed by atoms with Crippen molar-refractivity contribution in [2.75, 3.05) is 29.6 Å². The SMILES string of the molecule is CN(C)c1ccc(NC(=S)Nc2ccc3nc(-c4ccccn4)c(-c4ccccn4)nc3c2)cc1. The summed E-state index contributed by atoms with van der Waals surface area (Å²) in [6.45, 7) is 0. The second kappa shape index (κ2) is 9.82. The van der Waals surface area contributed by atoms with Gasteiger partial charge < -0.3 is 15.5 Å². The molecule has 0 saturated carbocycles. The lowest BCUT2D eigenvalue weighted by Crippen LogP contribution is -2.19. The van der Waals surface area contributed by atoms with E-state index in [1.54, 1.807) is 12.4 Å². The number of hydrogen-bond donors (Lipinski definition) is 2. The second-order valence-electron chi connectivity index (χ2n) is 8.07. The molecule has 0 aliphatic rings. The monoisotopic (exact) mass is 477 g/mol. The molecule has 3 heterocycles. The average Bonchev–Trinajstić information content (AvgIpc) is 2.89. The van der Waals surface area contributed by atoms with Crippen LogP contribution < -0.4 is 15.5 Å². The Morgan fingerprint density at radius 3 is 1.83 bits per heavy atom. The summed E-state index contributed by atoms with van der Waals surface area (Å²) in [5.41, 5.74) is 7.18. The Bertz CT molecular complexity index is 1470. The maximum absolute atomic E-state index is 5.53. The van der Waals surface area contributed by atoms with Crippen molar-refractivity contribution < 1.29 is 0 Å². The first-order chi connectivity index (χ1) is 17.1. The molecule has 0 fully saturated rings. The molecule has 0 spiro atoms. The fourth-order valence-electron chi connectivity index (χ4n) is 3.63. The molecular formula is C27H23N7S. The van der Waals surface area contributed by atoms with Crippen LogP contribution in [0.5, 0.6) is 0 Å². The van der Waals surface area contributed by atoms with Crippen molar-refractivity contribution in [2.45, 2.75) is 0 Å². The quantitative estimate of drug-likeness (QED) is 0.316. The van der Waals surface area contributed by atoms with Crippen molar-refractivity contribution in [3.8, 4) is 22.8 Å². The van der Waals surface area contributed by atoms with Crippen LogP contribution in [0.2, 0.25) is 0 Å². The highest BCUT2D eigenvalue weighted by molar-refractivity contribution is 7.80. The van der Waals surface area contributed by atoms with Crippen LogP contribution in [0.1, 0.15) is 0 Å². The molecule has 2 N–H and O–H groups in total. The molecule has 3 aromatic heterocycles. The number of aromatic nitrogens is 4. The average molecular weight is 478 g/mol. The molecule has 0 unspecified atom stereocenters. The molecule has 0 saturated heterocycles. The number of rotatable bonds is 5. The van der Waals surface area contributed by atoms with Crippen LogP contribution in [0.3, 0.4) is 0 Å². The third kappa shape index (κ3) is 5.07. The second-order valence-corrected chi connectivity index (χ2v) is 8.48. The first-order valence-electron chi connectivity index (χ1n) is 11.1. The third-order valence-corrected chi connectivity index (χ3v) is 5.58. The van der Waals surface area contributed by atoms with E-state index in [0.717, 1.165) is 39.5 Å². The summed E-state index contributed by atoms with van der Waals surface area (Å²) < 4.78 is 0. The standard InChI is InChI=1S/C27H23N7S/c1-34(2)20-12-9-18(10-13-20)30-27(35)31-19-11-14-21-24(17-19)33-26(23-8-4-6-16-29-23)25(32-21)22-7-3-5-15-28-22/h3-17H,1-2H3,(H2,30,31,35). The predicted octanol–water partition coefficient (Wildman–Crippen LogP) is 5.63. The predicted molar refractivity (Wildman–Crippen MR) is 147 cm³/mol. The van der Waals surface area contributed by atoms with Crippen LogP contribution >= 0.6 is 12.2 Å². The fourth-order valence-corrected chi connectivity index (χ4v) is 3.87. The first kappa shape index (κ1) is 22.4. The van der Waals surface area contributed by atoms with Gasteiger partial charge in [-0.2, -0.15) is 0 Å². The Balaban J connectivity index is 1.45. The summed E-state index contributed by atoms with van der Waals surface area (Å²) in [5.74, 6) is 0. The molecule has 8 heteroatoms. The van der Waals surface area contributed by atoms with Crippen molar-refractivity contribution in [3.05, 3.63) is 91.3 Å². The summed E-state index contributed by atoms with van der Waals surface area (Å²) >= 11 is 5.53. The summed E-state index contributed by atoms with van der Waals surface area (Å²) in [5, 5.41) is 6.95. The summed E-state index contributed by atoms with van der Waals surface area (Å²) in [6, 6.07) is 25.3. The molecular weight excluding hydrogens is 454 g/mol. The van der Waals surface area contributed by atoms with E-state index in [0.29, 0.717) is 16.5 Å². The highest BCUT2D eigenvalue weighted by Gasteiger charge is 2.15. The van der Waals surface area contributed by atoms with Gasteiger partial charge in [0, 0.05) is 43.6 Å². The molecule has 0 atom stereocenters. The van der Waals surface area contributed by atoms with Gasteiger partial charge in [0.1, 0.15) is 11.4 Å². The Morgan fingerprint density at radius 2 is 1.26 bits per heavy atom. The zero-order valence-corrected chi connectivity index (χ0v) is 20.1. The zero-order chi connectivity index (χ0) is 24.2. The van der Waals surface area contributed by atoms with E-state index in [2.05, 4.69) is 25.5 Å². The van der Waals surface area contributed by atoms with Gasteiger partial charge in [-0.05, 0) is 78.9 Å². The van der Waals surface area contributed by atoms with Crippen molar-refractivity contribution >= 4 is 45.4 Å². The molecule has 0 radical (unpaired) electrons. The molecule has 2 aromatic carbocycles. The lowest BCUT2D eigenvalue weighted by molar-refractivity contribution is 1.13. The third-order valence-electron chi connectivity index (χ3n) is 5.38. The van der Waals surface area contributed by atoms with E-state index in [-0.39, 0.29) is 0 Å². The molecule has 5 rings (SSSR count). The van der Waals surface area contributed by atoms with Crippen LogP contribution in [0, 0.1) is 0 Å². The van der Waals surface area contributed by atoms with Crippen molar-refractivity contribution in [3.63, 3.8) is 0 Å². The van der Waals surface area contributed by atoms with Gasteiger partial charge in [-0.1, -0.05) is 12.1 Å². The Kier molecular flexibility index (Phi) is 6.28. The minimum absolute atomic E-state index is 0.491. The molecule has 0 aliphatic carbocycles. The molecule has 0 amide bonds. The Morgan fingerprint density at radius 1 is 0.686 bits per heavy atom. The number of benzene rings is 2. The number of hydrogen-bond acceptors (Lipinski definition) is 6. The van der Waals surface area contributed by atoms with Crippen molar-refractivity contribution in [1.29, 1.82) is 0 Å². The molecule has 0 aliphatic heterocycles. The molecule has 0 bridgehead atoms. The summed E-state index contributed by atoms with van der Waals surface area (Å²) in [6.07, 6.45) is 3.50. The van der Waals surface area contributed by atoms with Gasteiger partial charge in [0.25, 0.3) is 0 Å². The highest BCUT2D eigenvalue weighted by Crippen LogP contribution is 2.29. The van der Waals surface area contributed by atoms with E-state index < -0.39 is 0 Å². The zero-order valence-electron chi connectivity index (χ0n) is 19.3. The number of nitrogens with one attached hydrogen (secondary N) is 2. The van der Waals surface area contributed by atoms with Crippen LogP contribution in [0.4, 0.5) is 17.1 Å². The van der Waals surface area contributed by atoms with E-state index >= 15 is 0 Å². The maximum Gasteiger partial charge on any atom is 0.175 e. The summed E-state index contributed by atoms with van der Waals surface area (Å²) in [7, 11) is 4.02. The maximum atomic E-state index is 5.53. The minimum atomic E-state index is 0.491. The van der Waals surface area contributed by atoms with Gasteiger partial charge in [0.05, 0.1) is 22.4 Å². The highest BCUT2D eigenvalue weighted by atomic mass is 32.1. The lowest BCUT2D eigenvalue weighted by Gasteiger charge is -2.15. The summed E-state index contributed by atoms with van der Waals surface area (Å²) in [4.78, 5) is 20.8. The van der Waals surface area contributed by atoms with Crippen LogP contribution in [0.25, 0.3) is 33.8 Å². The van der Waals surface area contributed by atoms with Crippen LogP contribution in [-0.2, 0) is 0 Å². The van der Waals surface area contributed by atoms with E-state index in [1.165, 1.54) is 0 Å². The van der Waals surface area contributed by atoms with Gasteiger partial charge in [-0.3, -0.25) is 9.97 Å². The number of thiocarbonyl (C=S) groups is 1. The van der Waals surface area contributed by atoms with E-state index in [9.17, 15) is 0 Å². The van der Waals surface area contributed by atoms with E-state index in [4.69, 9.17) is 22.2 Å². The number of fused-ring (bicyclic) bond motifs is 1. The first-order valence-corrected chi connectivity index (χ1v) is 11.5. The minimum Gasteiger partial charge on any atom is -0.378 e. The van der Waals surface area contributed by atoms with E-state index in [1.807, 2.05) is 93.0 Å². The molecule has 35 heavy (non-hydrogen) atoms. The number of pyridine rings is 2. The van der Waals surface area contributed by atoms with Crippen LogP contribution in [-0.4, -0.2) is 39.1 Å². The van der Waals surface area contributed by atoms with Crippen LogP contribution in [0.15, 0.2) is 91.3 Å². The molecule has 5 aromatic rings. The topological polar surface area (TPSA) is 78.9 Å². The van der Waals surface area contributed by atoms with Crippen molar-refractivity contribution in [1.82, 2.24) is 19.9 Å². The van der Waals surface area contributed by atoms with Crippen molar-refractivity contribution in [2.24, 2.45) is 0 Å². The van der Waals surface area contributed by atoms with Gasteiger partial charge in [0.15, 0.2) is 5.11 Å². The number of nitrogens with zero attached hydrogens (tertiary/aromatic N) is 5. The number of anilines is 3. The molecule has 7 nitrogen and oxygen atoms in total. The van der Waals surface area contributed by atoms with Gasteiger partial charge in [0.2, 0.25) is 0 Å². The fraction of sp³-hybridized carbons (Fsp3) is 0.0741. The Hall–Kier alpha value is -4.43. The van der Waals surface area contributed by atoms with Gasteiger partial charge in [-0.25, -0.2) is 9.97 Å². The lowest BCUT2D eigenvalue weighted by atomic mass is 10.1. The normalized spacial score (nSPS) is 10.7.